The Labute approximate surface area is 277 Å². The van der Waals surface area contributed by atoms with Gasteiger partial charge < -0.3 is 14.2 Å². The van der Waals surface area contributed by atoms with Crippen LogP contribution in [-0.4, -0.2) is 45.0 Å². The average Bonchev–Trinajstić information content (AvgIpc) is 3.59. The number of rotatable bonds is 8. The minimum atomic E-state index is -0.663. The predicted octanol–water partition coefficient (Wildman–Crippen LogP) is 8.62. The topological polar surface area (TPSA) is 64.4 Å². The van der Waals surface area contributed by atoms with Crippen molar-refractivity contribution < 1.29 is 14.3 Å². The normalized spacial score (nSPS) is 14.3. The Hall–Kier alpha value is -5.23. The molecule has 1 amide bonds. The van der Waals surface area contributed by atoms with Gasteiger partial charge in [0.25, 0.3) is 0 Å². The molecule has 0 N–H and O–H groups in total. The number of imidazole rings is 1. The first-order chi connectivity index (χ1) is 22.8. The van der Waals surface area contributed by atoms with Gasteiger partial charge in [-0.25, -0.2) is 9.78 Å². The summed E-state index contributed by atoms with van der Waals surface area (Å²) in [5, 5.41) is 0. The minimum Gasteiger partial charge on any atom is -0.444 e. The van der Waals surface area contributed by atoms with Crippen LogP contribution in [0.15, 0.2) is 134 Å². The molecule has 6 rings (SSSR count). The van der Waals surface area contributed by atoms with E-state index in [0.717, 1.165) is 33.5 Å². The van der Waals surface area contributed by atoms with Gasteiger partial charge in [0.05, 0.1) is 12.0 Å². The summed E-state index contributed by atoms with van der Waals surface area (Å²) in [7, 11) is 0. The Morgan fingerprint density at radius 3 is 1.79 bits per heavy atom. The van der Waals surface area contributed by atoms with Gasteiger partial charge in [0.2, 0.25) is 0 Å². The molecule has 4 aromatic carbocycles. The van der Waals surface area contributed by atoms with E-state index >= 15 is 0 Å². The van der Waals surface area contributed by atoms with Crippen molar-refractivity contribution in [2.24, 2.45) is 5.92 Å². The standard InChI is InChI=1S/C41H41N3O3/c1-40(2,3)47-39(46)43-27-25-32(26-28-43)38(45)24-23-31-15-13-14-22-36(31)37-29-44(30-42-37)41(33-16-7-4-8-17-33,34-18-9-5-10-19-34)35-20-11-6-12-21-35/h4-24,29-30,32H,25-28H2,1-3H3/b24-23+. The molecule has 6 heteroatoms. The molecule has 238 valence electrons. The van der Waals surface area contributed by atoms with E-state index in [0.29, 0.717) is 25.9 Å². The van der Waals surface area contributed by atoms with Crippen LogP contribution in [0, 0.1) is 5.92 Å². The largest absolute Gasteiger partial charge is 0.444 e. The Morgan fingerprint density at radius 2 is 1.26 bits per heavy atom. The monoisotopic (exact) mass is 623 g/mol. The van der Waals surface area contributed by atoms with Crippen LogP contribution >= 0.6 is 0 Å². The number of ether oxygens (including phenoxy) is 1. The van der Waals surface area contributed by atoms with Gasteiger partial charge in [-0.1, -0.05) is 121 Å². The third-order valence-corrected chi connectivity index (χ3v) is 8.76. The number of hydrogen-bond acceptors (Lipinski definition) is 4. The summed E-state index contributed by atoms with van der Waals surface area (Å²) >= 11 is 0. The van der Waals surface area contributed by atoms with Crippen molar-refractivity contribution >= 4 is 18.0 Å². The summed E-state index contributed by atoms with van der Waals surface area (Å²) < 4.78 is 7.71. The molecule has 2 heterocycles. The van der Waals surface area contributed by atoms with Crippen LogP contribution in [0.25, 0.3) is 17.3 Å². The van der Waals surface area contributed by atoms with Gasteiger partial charge in [-0.2, -0.15) is 0 Å². The van der Waals surface area contributed by atoms with E-state index in [-0.39, 0.29) is 17.8 Å². The molecule has 0 spiro atoms. The van der Waals surface area contributed by atoms with Crippen molar-refractivity contribution in [1.82, 2.24) is 14.5 Å². The van der Waals surface area contributed by atoms with Crippen LogP contribution in [0.5, 0.6) is 0 Å². The number of amides is 1. The summed E-state index contributed by atoms with van der Waals surface area (Å²) in [6, 6.07) is 39.6. The van der Waals surface area contributed by atoms with Crippen LogP contribution in [0.1, 0.15) is 55.9 Å². The van der Waals surface area contributed by atoms with Crippen molar-refractivity contribution in [3.05, 3.63) is 156 Å². The summed E-state index contributed by atoms with van der Waals surface area (Å²) in [5.41, 5.74) is 4.84. The minimum absolute atomic E-state index is 0.0745. The molecule has 1 aromatic heterocycles. The number of ketones is 1. The summed E-state index contributed by atoms with van der Waals surface area (Å²) in [6.07, 6.45) is 8.52. The highest BCUT2D eigenvalue weighted by atomic mass is 16.6. The summed E-state index contributed by atoms with van der Waals surface area (Å²) in [5.74, 6) is -0.0510. The van der Waals surface area contributed by atoms with E-state index in [1.807, 2.05) is 75.6 Å². The molecule has 47 heavy (non-hydrogen) atoms. The summed E-state index contributed by atoms with van der Waals surface area (Å²) in [6.45, 7) is 6.61. The van der Waals surface area contributed by atoms with Gasteiger partial charge >= 0.3 is 6.09 Å². The van der Waals surface area contributed by atoms with Gasteiger partial charge in [0.15, 0.2) is 5.78 Å². The second-order valence-electron chi connectivity index (χ2n) is 13.0. The Morgan fingerprint density at radius 1 is 0.745 bits per heavy atom. The molecule has 0 unspecified atom stereocenters. The molecule has 5 aromatic rings. The van der Waals surface area contributed by atoms with E-state index in [1.54, 1.807) is 11.0 Å². The Bertz CT molecular complexity index is 1730. The van der Waals surface area contributed by atoms with Gasteiger partial charge in [-0.05, 0) is 61.9 Å². The molecule has 6 nitrogen and oxygen atoms in total. The first kappa shape index (κ1) is 31.7. The Balaban J connectivity index is 1.30. The second kappa shape index (κ2) is 13.6. The van der Waals surface area contributed by atoms with E-state index in [4.69, 9.17) is 9.72 Å². The third kappa shape index (κ3) is 6.82. The highest BCUT2D eigenvalue weighted by molar-refractivity contribution is 5.96. The first-order valence-corrected chi connectivity index (χ1v) is 16.3. The third-order valence-electron chi connectivity index (χ3n) is 8.76. The molecule has 1 aliphatic rings. The molecule has 0 aliphatic carbocycles. The number of nitrogens with zero attached hydrogens (tertiary/aromatic N) is 3. The quantitative estimate of drug-likeness (QED) is 0.128. The molecular weight excluding hydrogens is 582 g/mol. The zero-order chi connectivity index (χ0) is 32.9. The van der Waals surface area contributed by atoms with Crippen molar-refractivity contribution in [2.45, 2.75) is 44.8 Å². The molecular formula is C41H41N3O3. The number of hydrogen-bond donors (Lipinski definition) is 0. The van der Waals surface area contributed by atoms with Gasteiger partial charge in [-0.15, -0.1) is 0 Å². The van der Waals surface area contributed by atoms with Crippen molar-refractivity contribution in [3.8, 4) is 11.3 Å². The lowest BCUT2D eigenvalue weighted by molar-refractivity contribution is -0.119. The van der Waals surface area contributed by atoms with Crippen molar-refractivity contribution in [1.29, 1.82) is 0 Å². The number of aromatic nitrogens is 2. The fourth-order valence-electron chi connectivity index (χ4n) is 6.49. The van der Waals surface area contributed by atoms with E-state index in [2.05, 4.69) is 83.6 Å². The molecule has 1 aliphatic heterocycles. The molecule has 0 radical (unpaired) electrons. The lowest BCUT2D eigenvalue weighted by Crippen LogP contribution is -2.42. The molecule has 0 bridgehead atoms. The maximum absolute atomic E-state index is 13.3. The van der Waals surface area contributed by atoms with Crippen molar-refractivity contribution in [2.75, 3.05) is 13.1 Å². The molecule has 1 fully saturated rings. The number of piperidine rings is 1. The highest BCUT2D eigenvalue weighted by Gasteiger charge is 2.38. The smallest absolute Gasteiger partial charge is 0.410 e. The lowest BCUT2D eigenvalue weighted by Gasteiger charge is -2.37. The van der Waals surface area contributed by atoms with Crippen molar-refractivity contribution in [3.63, 3.8) is 0 Å². The van der Waals surface area contributed by atoms with Crippen LogP contribution in [0.4, 0.5) is 4.79 Å². The van der Waals surface area contributed by atoms with Crippen LogP contribution in [-0.2, 0) is 15.1 Å². The fourth-order valence-corrected chi connectivity index (χ4v) is 6.49. The fraction of sp³-hybridized carbons (Fsp3) is 0.244. The maximum Gasteiger partial charge on any atom is 0.410 e. The van der Waals surface area contributed by atoms with E-state index in [1.165, 1.54) is 0 Å². The number of carbonyl (C=O) groups is 2. The van der Waals surface area contributed by atoms with E-state index < -0.39 is 11.1 Å². The van der Waals surface area contributed by atoms with Crippen LogP contribution in [0.3, 0.4) is 0 Å². The lowest BCUT2D eigenvalue weighted by atomic mass is 9.77. The number of likely N-dealkylation sites (tertiary alicyclic amines) is 1. The molecule has 0 atom stereocenters. The Kier molecular flexibility index (Phi) is 9.21. The van der Waals surface area contributed by atoms with Gasteiger partial charge in [-0.3, -0.25) is 4.79 Å². The van der Waals surface area contributed by atoms with E-state index in [9.17, 15) is 9.59 Å². The number of carbonyl (C=O) groups excluding carboxylic acids is 2. The first-order valence-electron chi connectivity index (χ1n) is 16.3. The predicted molar refractivity (Wildman–Crippen MR) is 187 cm³/mol. The SMILES string of the molecule is CC(C)(C)OC(=O)N1CCC(C(=O)/C=C/c2ccccc2-c2cn(C(c3ccccc3)(c3ccccc3)c3ccccc3)cn2)CC1. The second-order valence-corrected chi connectivity index (χ2v) is 13.0. The number of benzene rings is 4. The van der Waals surface area contributed by atoms with Crippen LogP contribution in [0.2, 0.25) is 0 Å². The maximum atomic E-state index is 13.3. The number of allylic oxidation sites excluding steroid dienone is 1. The molecule has 0 saturated carbocycles. The zero-order valence-corrected chi connectivity index (χ0v) is 27.3. The van der Waals surface area contributed by atoms with Gasteiger partial charge in [0.1, 0.15) is 11.1 Å². The summed E-state index contributed by atoms with van der Waals surface area (Å²) in [4.78, 5) is 32.4. The van der Waals surface area contributed by atoms with Gasteiger partial charge in [0, 0.05) is 30.8 Å². The zero-order valence-electron chi connectivity index (χ0n) is 27.3. The van der Waals surface area contributed by atoms with Crippen LogP contribution < -0.4 is 0 Å². The molecule has 1 saturated heterocycles. The average molecular weight is 624 g/mol. The highest BCUT2D eigenvalue weighted by Crippen LogP contribution is 2.41.